The molecule has 0 saturated heterocycles. The minimum atomic E-state index is -0.0140. The van der Waals surface area contributed by atoms with Gasteiger partial charge in [0.1, 0.15) is 6.61 Å². The maximum Gasteiger partial charge on any atom is 0.246 e. The van der Waals surface area contributed by atoms with Gasteiger partial charge in [-0.3, -0.25) is 4.79 Å². The lowest BCUT2D eigenvalue weighted by molar-refractivity contribution is -0.127. The molecule has 3 atom stereocenters. The van der Waals surface area contributed by atoms with Crippen LogP contribution in [0.25, 0.3) is 0 Å². The second-order valence-corrected chi connectivity index (χ2v) is 4.91. The number of rotatable bonds is 5. The third-order valence-electron chi connectivity index (χ3n) is 3.27. The molecule has 1 saturated carbocycles. The van der Waals surface area contributed by atoms with Crippen LogP contribution in [0.2, 0.25) is 0 Å². The molecule has 4 heteroatoms. The first-order chi connectivity index (χ1) is 7.63. The number of hydrogen-bond donors (Lipinski definition) is 2. The van der Waals surface area contributed by atoms with E-state index >= 15 is 0 Å². The minimum absolute atomic E-state index is 0.0140. The minimum Gasteiger partial charge on any atom is -0.370 e. The summed E-state index contributed by atoms with van der Waals surface area (Å²) in [5.74, 6) is 1.35. The van der Waals surface area contributed by atoms with Crippen molar-refractivity contribution in [3.63, 3.8) is 0 Å². The number of carbonyl (C=O) groups is 1. The van der Waals surface area contributed by atoms with Gasteiger partial charge in [-0.1, -0.05) is 13.8 Å². The quantitative estimate of drug-likeness (QED) is 0.687. The standard InChI is InChI=1S/C12H24N2O2/c1-9-3-4-11(10(2)7-9)14-12(15)8-16-6-5-13/h9-11H,3-8,13H2,1-2H3,(H,14,15). The zero-order valence-electron chi connectivity index (χ0n) is 10.4. The van der Waals surface area contributed by atoms with E-state index < -0.39 is 0 Å². The molecule has 0 radical (unpaired) electrons. The number of amides is 1. The summed E-state index contributed by atoms with van der Waals surface area (Å²) in [6, 6.07) is 0.324. The zero-order chi connectivity index (χ0) is 12.0. The lowest BCUT2D eigenvalue weighted by Gasteiger charge is -2.33. The topological polar surface area (TPSA) is 64.3 Å². The predicted octanol–water partition coefficient (Wildman–Crippen LogP) is 0.903. The largest absolute Gasteiger partial charge is 0.370 e. The number of hydrogen-bond acceptors (Lipinski definition) is 3. The van der Waals surface area contributed by atoms with Crippen molar-refractivity contribution in [2.75, 3.05) is 19.8 Å². The fraction of sp³-hybridized carbons (Fsp3) is 0.917. The van der Waals surface area contributed by atoms with Gasteiger partial charge in [0, 0.05) is 12.6 Å². The van der Waals surface area contributed by atoms with Crippen molar-refractivity contribution in [2.24, 2.45) is 17.6 Å². The maximum atomic E-state index is 11.5. The Bertz CT molecular complexity index is 221. The average Bonchev–Trinajstić information content (AvgIpc) is 2.23. The molecule has 1 fully saturated rings. The van der Waals surface area contributed by atoms with Crippen LogP contribution in [-0.2, 0) is 9.53 Å². The Balaban J connectivity index is 2.22. The molecule has 0 aromatic rings. The van der Waals surface area contributed by atoms with Crippen molar-refractivity contribution in [2.45, 2.75) is 39.2 Å². The molecular weight excluding hydrogens is 204 g/mol. The van der Waals surface area contributed by atoms with E-state index in [0.717, 1.165) is 12.3 Å². The molecule has 3 N–H and O–H groups in total. The molecule has 1 aliphatic rings. The van der Waals surface area contributed by atoms with E-state index in [2.05, 4.69) is 19.2 Å². The molecule has 16 heavy (non-hydrogen) atoms. The van der Waals surface area contributed by atoms with Crippen molar-refractivity contribution in [1.82, 2.24) is 5.32 Å². The van der Waals surface area contributed by atoms with Crippen molar-refractivity contribution < 1.29 is 9.53 Å². The SMILES string of the molecule is CC1CCC(NC(=O)COCCN)C(C)C1. The summed E-state index contributed by atoms with van der Waals surface area (Å²) in [5, 5.41) is 3.04. The molecule has 0 bridgehead atoms. The smallest absolute Gasteiger partial charge is 0.246 e. The van der Waals surface area contributed by atoms with Gasteiger partial charge in [0.15, 0.2) is 0 Å². The molecule has 0 spiro atoms. The Morgan fingerprint density at radius 1 is 1.44 bits per heavy atom. The highest BCUT2D eigenvalue weighted by Gasteiger charge is 2.26. The van der Waals surface area contributed by atoms with Crippen molar-refractivity contribution >= 4 is 5.91 Å². The Morgan fingerprint density at radius 3 is 2.81 bits per heavy atom. The van der Waals surface area contributed by atoms with Crippen molar-refractivity contribution in [3.8, 4) is 0 Å². The summed E-state index contributed by atoms with van der Waals surface area (Å²) in [6.45, 7) is 5.53. The second-order valence-electron chi connectivity index (χ2n) is 4.91. The Hall–Kier alpha value is -0.610. The van der Waals surface area contributed by atoms with E-state index in [4.69, 9.17) is 10.5 Å². The average molecular weight is 228 g/mol. The first-order valence-corrected chi connectivity index (χ1v) is 6.20. The first-order valence-electron chi connectivity index (χ1n) is 6.20. The van der Waals surface area contributed by atoms with E-state index in [1.54, 1.807) is 0 Å². The van der Waals surface area contributed by atoms with E-state index in [-0.39, 0.29) is 12.5 Å². The highest BCUT2D eigenvalue weighted by molar-refractivity contribution is 5.77. The number of ether oxygens (including phenoxy) is 1. The van der Waals surface area contributed by atoms with E-state index in [9.17, 15) is 4.79 Å². The molecule has 0 aromatic heterocycles. The molecule has 0 aromatic carbocycles. The van der Waals surface area contributed by atoms with Gasteiger partial charge in [-0.25, -0.2) is 0 Å². The van der Waals surface area contributed by atoms with Gasteiger partial charge in [-0.15, -0.1) is 0 Å². The molecule has 0 aliphatic heterocycles. The fourth-order valence-electron chi connectivity index (χ4n) is 2.38. The molecule has 0 heterocycles. The van der Waals surface area contributed by atoms with Crippen LogP contribution < -0.4 is 11.1 Å². The van der Waals surface area contributed by atoms with Gasteiger partial charge >= 0.3 is 0 Å². The highest BCUT2D eigenvalue weighted by Crippen LogP contribution is 2.28. The third kappa shape index (κ3) is 4.49. The first kappa shape index (κ1) is 13.5. The lowest BCUT2D eigenvalue weighted by atomic mass is 9.80. The third-order valence-corrected chi connectivity index (χ3v) is 3.27. The van der Waals surface area contributed by atoms with Crippen molar-refractivity contribution in [3.05, 3.63) is 0 Å². The molecule has 1 rings (SSSR count). The van der Waals surface area contributed by atoms with Crippen LogP contribution >= 0.6 is 0 Å². The molecule has 4 nitrogen and oxygen atoms in total. The summed E-state index contributed by atoms with van der Waals surface area (Å²) >= 11 is 0. The molecule has 1 aliphatic carbocycles. The van der Waals surface area contributed by atoms with Gasteiger partial charge in [0.25, 0.3) is 0 Å². The second kappa shape index (κ2) is 6.86. The van der Waals surface area contributed by atoms with Gasteiger partial charge < -0.3 is 15.8 Å². The maximum absolute atomic E-state index is 11.5. The van der Waals surface area contributed by atoms with Crippen molar-refractivity contribution in [1.29, 1.82) is 0 Å². The lowest BCUT2D eigenvalue weighted by Crippen LogP contribution is -2.44. The molecule has 3 unspecified atom stereocenters. The normalized spacial score (nSPS) is 30.1. The predicted molar refractivity (Wildman–Crippen MR) is 64.0 cm³/mol. The van der Waals surface area contributed by atoms with Gasteiger partial charge in [-0.2, -0.15) is 0 Å². The van der Waals surface area contributed by atoms with Crippen LogP contribution in [0.15, 0.2) is 0 Å². The van der Waals surface area contributed by atoms with Crippen LogP contribution in [0.3, 0.4) is 0 Å². The zero-order valence-corrected chi connectivity index (χ0v) is 10.4. The highest BCUT2D eigenvalue weighted by atomic mass is 16.5. The van der Waals surface area contributed by atoms with Crippen LogP contribution in [0.1, 0.15) is 33.1 Å². The number of carbonyl (C=O) groups excluding carboxylic acids is 1. The van der Waals surface area contributed by atoms with E-state index in [0.29, 0.717) is 25.1 Å². The Kier molecular flexibility index (Phi) is 5.77. The van der Waals surface area contributed by atoms with E-state index in [1.165, 1.54) is 12.8 Å². The van der Waals surface area contributed by atoms with E-state index in [1.807, 2.05) is 0 Å². The van der Waals surface area contributed by atoms with Gasteiger partial charge in [0.2, 0.25) is 5.91 Å². The molecular formula is C12H24N2O2. The molecule has 1 amide bonds. The number of nitrogens with one attached hydrogen (secondary N) is 1. The number of nitrogens with two attached hydrogens (primary N) is 1. The fourth-order valence-corrected chi connectivity index (χ4v) is 2.38. The molecule has 94 valence electrons. The van der Waals surface area contributed by atoms with Gasteiger partial charge in [-0.05, 0) is 31.1 Å². The van der Waals surface area contributed by atoms with Crippen LogP contribution in [0.5, 0.6) is 0 Å². The summed E-state index contributed by atoms with van der Waals surface area (Å²) in [6.07, 6.45) is 3.50. The van der Waals surface area contributed by atoms with Crippen LogP contribution in [0, 0.1) is 11.8 Å². The summed E-state index contributed by atoms with van der Waals surface area (Å²) in [4.78, 5) is 11.5. The summed E-state index contributed by atoms with van der Waals surface area (Å²) in [5.41, 5.74) is 5.28. The monoisotopic (exact) mass is 228 g/mol. The summed E-state index contributed by atoms with van der Waals surface area (Å²) < 4.78 is 5.11. The van der Waals surface area contributed by atoms with Crippen LogP contribution in [-0.4, -0.2) is 31.7 Å². The van der Waals surface area contributed by atoms with Crippen LogP contribution in [0.4, 0.5) is 0 Å². The van der Waals surface area contributed by atoms with Gasteiger partial charge in [0.05, 0.1) is 6.61 Å². The Morgan fingerprint density at radius 2 is 2.19 bits per heavy atom. The Labute approximate surface area is 97.9 Å². The summed E-state index contributed by atoms with van der Waals surface area (Å²) in [7, 11) is 0.